The van der Waals surface area contributed by atoms with Crippen molar-refractivity contribution in [1.82, 2.24) is 0 Å². The Morgan fingerprint density at radius 3 is 1.29 bits per heavy atom. The molecule has 6 heteroatoms. The first kappa shape index (κ1) is 19.5. The average Bonchev–Trinajstić information content (AvgIpc) is 2.51. The zero-order valence-electron chi connectivity index (χ0n) is 12.9. The Hall–Kier alpha value is -1.50. The van der Waals surface area contributed by atoms with Crippen LogP contribution in [0.4, 0.5) is 0 Å². The topological polar surface area (TPSA) is 106 Å². The zero-order chi connectivity index (χ0) is 15.8. The fourth-order valence-corrected chi connectivity index (χ4v) is 1.63. The van der Waals surface area contributed by atoms with Gasteiger partial charge in [0, 0.05) is 5.41 Å². The summed E-state index contributed by atoms with van der Waals surface area (Å²) in [5.74, 6) is 0. The second-order valence-electron chi connectivity index (χ2n) is 4.68. The van der Waals surface area contributed by atoms with Gasteiger partial charge in [0.25, 0.3) is 0 Å². The Kier molecular flexibility index (Phi) is 12.5. The van der Waals surface area contributed by atoms with Crippen molar-refractivity contribution >= 4 is 0 Å². The number of rotatable bonds is 13. The monoisotopic (exact) mass is 299 g/mol. The first-order valence-corrected chi connectivity index (χ1v) is 7.08. The maximum atomic E-state index is 5.63. The predicted octanol–water partition coefficient (Wildman–Crippen LogP) is 0.850. The second-order valence-corrected chi connectivity index (χ2v) is 4.68. The molecule has 6 N–H and O–H groups in total. The van der Waals surface area contributed by atoms with Crippen molar-refractivity contribution in [3.8, 4) is 0 Å². The molecule has 0 saturated carbocycles. The standard InChI is InChI=1S/C15H29N3O3/c1-2-15(12-19-9-3-6-16,13-20-10-4-7-17)14-21-11-5-8-18/h3-8H,2,9-14,16-18H2,1H3/b6-3-,7-4+,8-5+. The third-order valence-electron chi connectivity index (χ3n) is 3.03. The van der Waals surface area contributed by atoms with Crippen molar-refractivity contribution in [2.45, 2.75) is 13.3 Å². The molecule has 0 unspecified atom stereocenters. The molecule has 0 aliphatic heterocycles. The predicted molar refractivity (Wildman–Crippen MR) is 85.2 cm³/mol. The van der Waals surface area contributed by atoms with Gasteiger partial charge in [0.05, 0.1) is 39.6 Å². The molecule has 0 fully saturated rings. The summed E-state index contributed by atoms with van der Waals surface area (Å²) in [6, 6.07) is 0. The molecule has 0 radical (unpaired) electrons. The largest absolute Gasteiger partial charge is 0.405 e. The second kappa shape index (κ2) is 13.5. The van der Waals surface area contributed by atoms with Gasteiger partial charge in [0.2, 0.25) is 0 Å². The molecule has 0 aliphatic carbocycles. The molecule has 0 spiro atoms. The molecule has 6 nitrogen and oxygen atoms in total. The van der Waals surface area contributed by atoms with Crippen LogP contribution in [0, 0.1) is 5.41 Å². The molecule has 0 bridgehead atoms. The Morgan fingerprint density at radius 1 is 0.714 bits per heavy atom. The van der Waals surface area contributed by atoms with E-state index in [1.54, 1.807) is 18.2 Å². The summed E-state index contributed by atoms with van der Waals surface area (Å²) in [6.07, 6.45) is 10.6. The lowest BCUT2D eigenvalue weighted by molar-refractivity contribution is -0.0588. The highest BCUT2D eigenvalue weighted by Gasteiger charge is 2.29. The van der Waals surface area contributed by atoms with E-state index in [9.17, 15) is 0 Å². The minimum atomic E-state index is -0.201. The fraction of sp³-hybridized carbons (Fsp3) is 0.600. The summed E-state index contributed by atoms with van der Waals surface area (Å²) in [6.45, 7) is 5.12. The van der Waals surface area contributed by atoms with Crippen LogP contribution >= 0.6 is 0 Å². The molecule has 0 rings (SSSR count). The van der Waals surface area contributed by atoms with E-state index in [1.165, 1.54) is 18.6 Å². The van der Waals surface area contributed by atoms with Crippen LogP contribution in [0.5, 0.6) is 0 Å². The van der Waals surface area contributed by atoms with Gasteiger partial charge >= 0.3 is 0 Å². The van der Waals surface area contributed by atoms with E-state index in [0.717, 1.165) is 6.42 Å². The molecule has 0 aliphatic rings. The summed E-state index contributed by atoms with van der Waals surface area (Å²) in [4.78, 5) is 0. The number of nitrogens with two attached hydrogens (primary N) is 3. The molecule has 0 atom stereocenters. The van der Waals surface area contributed by atoms with Crippen molar-refractivity contribution in [3.05, 3.63) is 36.8 Å². The number of hydrogen-bond acceptors (Lipinski definition) is 6. The summed E-state index contributed by atoms with van der Waals surface area (Å²) in [5, 5.41) is 0. The number of hydrogen-bond donors (Lipinski definition) is 3. The molecule has 21 heavy (non-hydrogen) atoms. The third-order valence-corrected chi connectivity index (χ3v) is 3.03. The molecule has 0 heterocycles. The Morgan fingerprint density at radius 2 is 1.05 bits per heavy atom. The van der Waals surface area contributed by atoms with Crippen LogP contribution < -0.4 is 17.2 Å². The minimum Gasteiger partial charge on any atom is -0.405 e. The van der Waals surface area contributed by atoms with Gasteiger partial charge in [-0.1, -0.05) is 6.92 Å². The first-order valence-electron chi connectivity index (χ1n) is 7.08. The lowest BCUT2D eigenvalue weighted by Crippen LogP contribution is -2.37. The highest BCUT2D eigenvalue weighted by molar-refractivity contribution is 4.82. The van der Waals surface area contributed by atoms with Gasteiger partial charge in [0.15, 0.2) is 0 Å². The number of ether oxygens (including phenoxy) is 3. The summed E-state index contributed by atoms with van der Waals surface area (Å²) in [5.41, 5.74) is 15.7. The van der Waals surface area contributed by atoms with Crippen molar-refractivity contribution in [3.63, 3.8) is 0 Å². The molecule has 0 aromatic carbocycles. The van der Waals surface area contributed by atoms with Gasteiger partial charge in [-0.15, -0.1) is 0 Å². The third kappa shape index (κ3) is 9.95. The van der Waals surface area contributed by atoms with Crippen LogP contribution in [0.25, 0.3) is 0 Å². The van der Waals surface area contributed by atoms with Crippen LogP contribution in [-0.2, 0) is 14.2 Å². The quantitative estimate of drug-likeness (QED) is 0.435. The van der Waals surface area contributed by atoms with Crippen LogP contribution in [0.15, 0.2) is 36.8 Å². The van der Waals surface area contributed by atoms with Crippen LogP contribution in [0.2, 0.25) is 0 Å². The van der Waals surface area contributed by atoms with Crippen molar-refractivity contribution < 1.29 is 14.2 Å². The Bertz CT molecular complexity index is 272. The van der Waals surface area contributed by atoms with Gasteiger partial charge in [-0.2, -0.15) is 0 Å². The van der Waals surface area contributed by atoms with Gasteiger partial charge in [0.1, 0.15) is 0 Å². The molecule has 122 valence electrons. The maximum Gasteiger partial charge on any atom is 0.0664 e. The van der Waals surface area contributed by atoms with Crippen molar-refractivity contribution in [2.75, 3.05) is 39.6 Å². The van der Waals surface area contributed by atoms with Crippen molar-refractivity contribution in [2.24, 2.45) is 22.6 Å². The normalized spacial score (nSPS) is 13.0. The van der Waals surface area contributed by atoms with Gasteiger partial charge in [-0.05, 0) is 43.2 Å². The lowest BCUT2D eigenvalue weighted by atomic mass is 9.88. The Labute approximate surface area is 127 Å². The molecule has 0 aromatic rings. The van der Waals surface area contributed by atoms with E-state index in [4.69, 9.17) is 31.4 Å². The maximum absolute atomic E-state index is 5.63. The summed E-state index contributed by atoms with van der Waals surface area (Å²) in [7, 11) is 0. The average molecular weight is 299 g/mol. The van der Waals surface area contributed by atoms with Crippen LogP contribution in [-0.4, -0.2) is 39.6 Å². The lowest BCUT2D eigenvalue weighted by Gasteiger charge is -2.31. The SMILES string of the molecule is CCC(COC/C=C\N)(COC/C=C/N)COC/C=C/N. The zero-order valence-corrected chi connectivity index (χ0v) is 12.9. The van der Waals surface area contributed by atoms with E-state index < -0.39 is 0 Å². The van der Waals surface area contributed by atoms with E-state index in [2.05, 4.69) is 6.92 Å². The fourth-order valence-electron chi connectivity index (χ4n) is 1.63. The van der Waals surface area contributed by atoms with E-state index in [1.807, 2.05) is 0 Å². The van der Waals surface area contributed by atoms with Crippen LogP contribution in [0.3, 0.4) is 0 Å². The molecular weight excluding hydrogens is 270 g/mol. The van der Waals surface area contributed by atoms with E-state index in [0.29, 0.717) is 39.6 Å². The summed E-state index contributed by atoms with van der Waals surface area (Å²) >= 11 is 0. The highest BCUT2D eigenvalue weighted by atomic mass is 16.5. The van der Waals surface area contributed by atoms with E-state index in [-0.39, 0.29) is 5.41 Å². The van der Waals surface area contributed by atoms with Gasteiger partial charge < -0.3 is 31.4 Å². The van der Waals surface area contributed by atoms with Crippen molar-refractivity contribution in [1.29, 1.82) is 0 Å². The molecular formula is C15H29N3O3. The highest BCUT2D eigenvalue weighted by Crippen LogP contribution is 2.24. The van der Waals surface area contributed by atoms with Crippen LogP contribution in [0.1, 0.15) is 13.3 Å². The first-order chi connectivity index (χ1) is 10.2. The van der Waals surface area contributed by atoms with Gasteiger partial charge in [-0.3, -0.25) is 0 Å². The molecule has 0 aromatic heterocycles. The summed E-state index contributed by atoms with van der Waals surface area (Å²) < 4.78 is 16.9. The molecule has 0 saturated heterocycles. The van der Waals surface area contributed by atoms with E-state index >= 15 is 0 Å². The molecule has 0 amide bonds. The minimum absolute atomic E-state index is 0.201. The van der Waals surface area contributed by atoms with Gasteiger partial charge in [-0.25, -0.2) is 0 Å². The Balaban J connectivity index is 4.41. The smallest absolute Gasteiger partial charge is 0.0664 e.